The van der Waals surface area contributed by atoms with Crippen LogP contribution >= 0.6 is 11.3 Å². The molecule has 5 rings (SSSR count). The van der Waals surface area contributed by atoms with Crippen molar-refractivity contribution in [2.24, 2.45) is 0 Å². The van der Waals surface area contributed by atoms with E-state index >= 15 is 0 Å². The third-order valence-corrected chi connectivity index (χ3v) is 6.51. The van der Waals surface area contributed by atoms with Gasteiger partial charge in [0.05, 0.1) is 12.0 Å². The smallest absolute Gasteiger partial charge is 0.240 e. The number of hydrogen-bond acceptors (Lipinski definition) is 6. The van der Waals surface area contributed by atoms with Gasteiger partial charge in [-0.05, 0) is 72.2 Å². The van der Waals surface area contributed by atoms with E-state index in [4.69, 9.17) is 13.9 Å². The van der Waals surface area contributed by atoms with E-state index in [2.05, 4.69) is 10.2 Å². The van der Waals surface area contributed by atoms with Gasteiger partial charge in [-0.15, -0.1) is 21.5 Å². The average molecular weight is 473 g/mol. The number of ether oxygens (including phenoxy) is 2. The minimum atomic E-state index is -0.258. The zero-order chi connectivity index (χ0) is 23.7. The molecule has 0 unspecified atom stereocenters. The zero-order valence-corrected chi connectivity index (χ0v) is 19.7. The summed E-state index contributed by atoms with van der Waals surface area (Å²) < 4.78 is 32.0. The van der Waals surface area contributed by atoms with Crippen LogP contribution in [0, 0.1) is 19.7 Å². The molecule has 5 aromatic rings. The number of halogens is 1. The highest BCUT2D eigenvalue weighted by Crippen LogP contribution is 2.48. The first-order valence-corrected chi connectivity index (χ1v) is 11.4. The minimum absolute atomic E-state index is 0.258. The van der Waals surface area contributed by atoms with Crippen LogP contribution in [0.2, 0.25) is 0 Å². The molecule has 5 nitrogen and oxygen atoms in total. The van der Waals surface area contributed by atoms with Crippen LogP contribution in [0.3, 0.4) is 0 Å². The van der Waals surface area contributed by atoms with Crippen molar-refractivity contribution in [2.45, 2.75) is 13.8 Å². The molecule has 0 aliphatic heterocycles. The molecule has 0 saturated carbocycles. The SMILES string of the molecule is COc1ccc2c(Oc3ccc(C=Cc4nnc(C)o4)cc3)c(-c3ccc(F)cc3C)sc2c1. The average Bonchev–Trinajstić information content (AvgIpc) is 3.41. The van der Waals surface area contributed by atoms with Gasteiger partial charge in [0.25, 0.3) is 0 Å². The lowest BCUT2D eigenvalue weighted by molar-refractivity contribution is 0.415. The topological polar surface area (TPSA) is 57.4 Å². The van der Waals surface area contributed by atoms with Gasteiger partial charge in [0.15, 0.2) is 5.75 Å². The van der Waals surface area contributed by atoms with Gasteiger partial charge in [0.1, 0.15) is 17.3 Å². The molecule has 0 fully saturated rings. The van der Waals surface area contributed by atoms with Crippen LogP contribution in [0.1, 0.15) is 22.9 Å². The van der Waals surface area contributed by atoms with Crippen molar-refractivity contribution in [1.82, 2.24) is 10.2 Å². The van der Waals surface area contributed by atoms with E-state index in [-0.39, 0.29) is 5.82 Å². The Morgan fingerprint density at radius 1 is 0.912 bits per heavy atom. The van der Waals surface area contributed by atoms with Crippen LogP contribution in [-0.4, -0.2) is 17.3 Å². The number of thiophene rings is 1. The van der Waals surface area contributed by atoms with Gasteiger partial charge in [-0.3, -0.25) is 0 Å². The van der Waals surface area contributed by atoms with Crippen LogP contribution < -0.4 is 9.47 Å². The second kappa shape index (κ2) is 9.11. The third kappa shape index (κ3) is 4.43. The largest absolute Gasteiger partial charge is 0.497 e. The summed E-state index contributed by atoms with van der Waals surface area (Å²) in [5, 5.41) is 8.75. The Balaban J connectivity index is 1.50. The number of hydrogen-bond donors (Lipinski definition) is 0. The van der Waals surface area contributed by atoms with Crippen LogP contribution in [0.25, 0.3) is 32.7 Å². The van der Waals surface area contributed by atoms with E-state index in [1.54, 1.807) is 37.5 Å². The van der Waals surface area contributed by atoms with Crippen molar-refractivity contribution < 1.29 is 18.3 Å². The number of rotatable bonds is 6. The van der Waals surface area contributed by atoms with Gasteiger partial charge in [0.2, 0.25) is 11.8 Å². The molecule has 170 valence electrons. The summed E-state index contributed by atoms with van der Waals surface area (Å²) in [4.78, 5) is 0.941. The second-order valence-electron chi connectivity index (χ2n) is 7.75. The molecule has 0 N–H and O–H groups in total. The minimum Gasteiger partial charge on any atom is -0.497 e. The van der Waals surface area contributed by atoms with Crippen LogP contribution in [0.5, 0.6) is 17.2 Å². The van der Waals surface area contributed by atoms with Gasteiger partial charge in [-0.1, -0.05) is 18.2 Å². The first-order valence-electron chi connectivity index (χ1n) is 10.6. The molecule has 7 heteroatoms. The lowest BCUT2D eigenvalue weighted by Crippen LogP contribution is -1.88. The molecule has 0 atom stereocenters. The fourth-order valence-electron chi connectivity index (χ4n) is 3.65. The molecule has 0 radical (unpaired) electrons. The number of fused-ring (bicyclic) bond motifs is 1. The molecular weight excluding hydrogens is 451 g/mol. The van der Waals surface area contributed by atoms with Crippen molar-refractivity contribution in [2.75, 3.05) is 7.11 Å². The Labute approximate surface area is 200 Å². The van der Waals surface area contributed by atoms with E-state index in [9.17, 15) is 4.39 Å². The number of aryl methyl sites for hydroxylation is 2. The van der Waals surface area contributed by atoms with E-state index in [0.717, 1.165) is 43.2 Å². The molecule has 0 aliphatic rings. The Morgan fingerprint density at radius 3 is 2.41 bits per heavy atom. The zero-order valence-electron chi connectivity index (χ0n) is 18.8. The summed E-state index contributed by atoms with van der Waals surface area (Å²) in [7, 11) is 1.65. The summed E-state index contributed by atoms with van der Waals surface area (Å²) in [5.41, 5.74) is 2.75. The van der Waals surface area contributed by atoms with Crippen LogP contribution in [0.4, 0.5) is 4.39 Å². The monoisotopic (exact) mass is 472 g/mol. The highest BCUT2D eigenvalue weighted by Gasteiger charge is 2.18. The summed E-state index contributed by atoms with van der Waals surface area (Å²) >= 11 is 1.59. The maximum absolute atomic E-state index is 13.8. The molecular formula is C27H21FN2O3S. The van der Waals surface area contributed by atoms with Crippen molar-refractivity contribution in [3.8, 4) is 27.7 Å². The molecule has 0 aliphatic carbocycles. The number of nitrogens with zero attached hydrogens (tertiary/aromatic N) is 2. The van der Waals surface area contributed by atoms with Crippen molar-refractivity contribution >= 4 is 33.6 Å². The van der Waals surface area contributed by atoms with Crippen molar-refractivity contribution in [1.29, 1.82) is 0 Å². The maximum Gasteiger partial charge on any atom is 0.240 e. The van der Waals surface area contributed by atoms with E-state index < -0.39 is 0 Å². The maximum atomic E-state index is 13.8. The fourth-order valence-corrected chi connectivity index (χ4v) is 4.90. The Bertz CT molecular complexity index is 1500. The second-order valence-corrected chi connectivity index (χ2v) is 8.80. The van der Waals surface area contributed by atoms with Crippen LogP contribution in [-0.2, 0) is 0 Å². The molecule has 3 aromatic carbocycles. The molecule has 0 saturated heterocycles. The van der Waals surface area contributed by atoms with Gasteiger partial charge >= 0.3 is 0 Å². The highest BCUT2D eigenvalue weighted by molar-refractivity contribution is 7.22. The normalized spacial score (nSPS) is 11.4. The van der Waals surface area contributed by atoms with Gasteiger partial charge in [-0.25, -0.2) is 4.39 Å². The molecule has 2 heterocycles. The Hall–Kier alpha value is -3.97. The van der Waals surface area contributed by atoms with E-state index in [0.29, 0.717) is 17.5 Å². The number of benzene rings is 3. The van der Waals surface area contributed by atoms with Gasteiger partial charge in [-0.2, -0.15) is 0 Å². The lowest BCUT2D eigenvalue weighted by Gasteiger charge is -2.10. The standard InChI is InChI=1S/C27H21FN2O3S/c1-16-14-19(28)7-11-22(16)27-26(23-12-10-21(31-3)15-24(23)34-27)33-20-8-4-18(5-9-20)6-13-25-30-29-17(2)32-25/h4-15H,1-3H3. The Kier molecular flexibility index (Phi) is 5.86. The summed E-state index contributed by atoms with van der Waals surface area (Å²) in [6, 6.07) is 18.4. The molecule has 0 bridgehead atoms. The predicted molar refractivity (Wildman–Crippen MR) is 133 cm³/mol. The quantitative estimate of drug-likeness (QED) is 0.254. The van der Waals surface area contributed by atoms with E-state index in [1.165, 1.54) is 12.1 Å². The van der Waals surface area contributed by atoms with Crippen molar-refractivity contribution in [3.63, 3.8) is 0 Å². The Morgan fingerprint density at radius 2 is 1.71 bits per heavy atom. The molecule has 2 aromatic heterocycles. The van der Waals surface area contributed by atoms with Crippen LogP contribution in [0.15, 0.2) is 65.1 Å². The van der Waals surface area contributed by atoms with E-state index in [1.807, 2.05) is 55.5 Å². The summed E-state index contributed by atoms with van der Waals surface area (Å²) in [6.07, 6.45) is 3.67. The predicted octanol–water partition coefficient (Wildman–Crippen LogP) is 7.68. The third-order valence-electron chi connectivity index (χ3n) is 5.34. The first kappa shape index (κ1) is 21.9. The van der Waals surface area contributed by atoms with Gasteiger partial charge in [0, 0.05) is 23.1 Å². The number of methoxy groups -OCH3 is 1. The highest BCUT2D eigenvalue weighted by atomic mass is 32.1. The number of aromatic nitrogens is 2. The van der Waals surface area contributed by atoms with Gasteiger partial charge < -0.3 is 13.9 Å². The van der Waals surface area contributed by atoms with Crippen molar-refractivity contribution in [3.05, 3.63) is 89.4 Å². The molecule has 0 amide bonds. The molecule has 34 heavy (non-hydrogen) atoms. The lowest BCUT2D eigenvalue weighted by atomic mass is 10.1. The fraction of sp³-hybridized carbons (Fsp3) is 0.111. The summed E-state index contributed by atoms with van der Waals surface area (Å²) in [6.45, 7) is 3.65. The summed E-state index contributed by atoms with van der Waals surface area (Å²) in [5.74, 6) is 2.93. The molecule has 0 spiro atoms. The first-order chi connectivity index (χ1) is 16.5.